The number of rotatable bonds is 6. The van der Waals surface area contributed by atoms with E-state index in [9.17, 15) is 18.0 Å². The van der Waals surface area contributed by atoms with Crippen LogP contribution in [0.1, 0.15) is 46.9 Å². The van der Waals surface area contributed by atoms with E-state index in [2.05, 4.69) is 36.4 Å². The molecule has 5 rings (SSSR count). The van der Waals surface area contributed by atoms with Crippen molar-refractivity contribution >= 4 is 33.2 Å². The second-order valence-electron chi connectivity index (χ2n) is 9.11. The van der Waals surface area contributed by atoms with E-state index in [-0.39, 0.29) is 22.8 Å². The van der Waals surface area contributed by atoms with Crippen LogP contribution in [-0.2, 0) is 12.7 Å². The Morgan fingerprint density at radius 3 is 2.47 bits per heavy atom. The topological polar surface area (TPSA) is 77.1 Å². The number of alkyl halides is 3. The van der Waals surface area contributed by atoms with E-state index in [1.54, 1.807) is 41.2 Å². The average Bonchev–Trinajstić information content (AvgIpc) is 3.49. The van der Waals surface area contributed by atoms with Crippen LogP contribution >= 0.6 is 15.9 Å². The zero-order chi connectivity index (χ0) is 27.0. The second kappa shape index (κ2) is 10.1. The number of nitrogens with one attached hydrogen (secondary N) is 1. The van der Waals surface area contributed by atoms with Gasteiger partial charge in [-0.1, -0.05) is 50.2 Å². The predicted molar refractivity (Wildman–Crippen MR) is 141 cm³/mol. The van der Waals surface area contributed by atoms with Gasteiger partial charge in [-0.15, -0.1) is 0 Å². The largest absolute Gasteiger partial charge is 0.433 e. The maximum Gasteiger partial charge on any atom is 0.433 e. The van der Waals surface area contributed by atoms with E-state index in [0.717, 1.165) is 27.9 Å². The third kappa shape index (κ3) is 5.33. The van der Waals surface area contributed by atoms with Gasteiger partial charge in [0.15, 0.2) is 11.3 Å². The molecular weight excluding hydrogens is 561 g/mol. The molecule has 5 aromatic rings. The summed E-state index contributed by atoms with van der Waals surface area (Å²) >= 11 is 3.36. The molecule has 0 spiro atoms. The first-order valence-electron chi connectivity index (χ1n) is 11.7. The summed E-state index contributed by atoms with van der Waals surface area (Å²) in [5, 5.41) is 10.8. The summed E-state index contributed by atoms with van der Waals surface area (Å²) in [6.07, 6.45) is -0.110. The minimum Gasteiger partial charge on any atom is -0.322 e. The van der Waals surface area contributed by atoms with Gasteiger partial charge in [0.05, 0.1) is 29.1 Å². The Balaban J connectivity index is 1.49. The summed E-state index contributed by atoms with van der Waals surface area (Å²) < 4.78 is 45.1. The summed E-state index contributed by atoms with van der Waals surface area (Å²) in [7, 11) is 0. The van der Waals surface area contributed by atoms with Crippen LogP contribution in [-0.4, -0.2) is 30.3 Å². The van der Waals surface area contributed by atoms with E-state index in [1.165, 1.54) is 0 Å². The minimum absolute atomic E-state index is 0.0717. The molecule has 0 saturated carbocycles. The molecule has 3 aromatic heterocycles. The monoisotopic (exact) mass is 582 g/mol. The van der Waals surface area contributed by atoms with E-state index in [4.69, 9.17) is 0 Å². The molecule has 11 heteroatoms. The lowest BCUT2D eigenvalue weighted by Gasteiger charge is -2.12. The second-order valence-corrected chi connectivity index (χ2v) is 10.0. The van der Waals surface area contributed by atoms with Gasteiger partial charge < -0.3 is 5.32 Å². The SMILES string of the molecule is CC(C)c1ccc(-c2cc(C(F)(F)F)n3ncc(C(=O)Nc4cccc(Cn5cc(Br)cn5)c4)c3n2)cc1. The fourth-order valence-electron chi connectivity index (χ4n) is 4.07. The smallest absolute Gasteiger partial charge is 0.322 e. The molecule has 0 aliphatic rings. The first kappa shape index (κ1) is 25.7. The van der Waals surface area contributed by atoms with Crippen LogP contribution < -0.4 is 5.32 Å². The van der Waals surface area contributed by atoms with Crippen LogP contribution in [0.25, 0.3) is 16.9 Å². The molecule has 194 valence electrons. The van der Waals surface area contributed by atoms with Gasteiger partial charge in [-0.3, -0.25) is 9.48 Å². The van der Waals surface area contributed by atoms with E-state index >= 15 is 0 Å². The van der Waals surface area contributed by atoms with Crippen molar-refractivity contribution in [1.82, 2.24) is 24.4 Å². The van der Waals surface area contributed by atoms with Crippen molar-refractivity contribution in [2.24, 2.45) is 0 Å². The van der Waals surface area contributed by atoms with Gasteiger partial charge in [0.25, 0.3) is 5.91 Å². The number of aromatic nitrogens is 5. The molecule has 38 heavy (non-hydrogen) atoms. The van der Waals surface area contributed by atoms with Crippen LogP contribution in [0.15, 0.2) is 77.7 Å². The van der Waals surface area contributed by atoms with Gasteiger partial charge in [0, 0.05) is 17.4 Å². The summed E-state index contributed by atoms with van der Waals surface area (Å²) in [6, 6.07) is 15.3. The van der Waals surface area contributed by atoms with Gasteiger partial charge in [0.2, 0.25) is 0 Å². The summed E-state index contributed by atoms with van der Waals surface area (Å²) in [4.78, 5) is 17.6. The summed E-state index contributed by atoms with van der Waals surface area (Å²) in [5.74, 6) is -0.345. The Morgan fingerprint density at radius 1 is 1.05 bits per heavy atom. The number of fused-ring (bicyclic) bond motifs is 1. The number of benzene rings is 2. The van der Waals surface area contributed by atoms with E-state index in [0.29, 0.717) is 22.3 Å². The summed E-state index contributed by atoms with van der Waals surface area (Å²) in [6.45, 7) is 4.54. The van der Waals surface area contributed by atoms with Crippen LogP contribution in [0.2, 0.25) is 0 Å². The van der Waals surface area contributed by atoms with Gasteiger partial charge in [-0.2, -0.15) is 23.4 Å². The van der Waals surface area contributed by atoms with Gasteiger partial charge in [0.1, 0.15) is 5.56 Å². The molecule has 0 atom stereocenters. The quantitative estimate of drug-likeness (QED) is 0.239. The molecule has 0 fully saturated rings. The lowest BCUT2D eigenvalue weighted by molar-refractivity contribution is -0.142. The van der Waals surface area contributed by atoms with Crippen molar-refractivity contribution in [3.63, 3.8) is 0 Å². The Bertz CT molecular complexity index is 1620. The molecular formula is C27H22BrF3N6O. The van der Waals surface area contributed by atoms with Gasteiger partial charge in [-0.25, -0.2) is 9.50 Å². The maximum atomic E-state index is 14.0. The van der Waals surface area contributed by atoms with Crippen molar-refractivity contribution in [1.29, 1.82) is 0 Å². The highest BCUT2D eigenvalue weighted by atomic mass is 79.9. The fourth-order valence-corrected chi connectivity index (χ4v) is 4.40. The van der Waals surface area contributed by atoms with E-state index < -0.39 is 17.8 Å². The number of anilines is 1. The number of hydrogen-bond acceptors (Lipinski definition) is 4. The molecule has 3 heterocycles. The first-order valence-corrected chi connectivity index (χ1v) is 12.5. The number of nitrogens with zero attached hydrogens (tertiary/aromatic N) is 5. The van der Waals surface area contributed by atoms with Crippen molar-refractivity contribution in [3.05, 3.63) is 100 Å². The number of carbonyl (C=O) groups is 1. The number of amides is 1. The first-order chi connectivity index (χ1) is 18.1. The maximum absolute atomic E-state index is 14.0. The zero-order valence-corrected chi connectivity index (χ0v) is 22.0. The number of halogens is 4. The molecule has 7 nitrogen and oxygen atoms in total. The molecule has 0 saturated heterocycles. The predicted octanol–water partition coefficient (Wildman–Crippen LogP) is 6.80. The van der Waals surface area contributed by atoms with Gasteiger partial charge >= 0.3 is 6.18 Å². The van der Waals surface area contributed by atoms with Crippen LogP contribution in [0.3, 0.4) is 0 Å². The van der Waals surface area contributed by atoms with Crippen LogP contribution in [0.4, 0.5) is 18.9 Å². The lowest BCUT2D eigenvalue weighted by atomic mass is 10.0. The lowest BCUT2D eigenvalue weighted by Crippen LogP contribution is -2.16. The Hall–Kier alpha value is -3.99. The normalized spacial score (nSPS) is 11.9. The molecule has 2 aromatic carbocycles. The highest BCUT2D eigenvalue weighted by Crippen LogP contribution is 2.33. The molecule has 0 radical (unpaired) electrons. The third-order valence-electron chi connectivity index (χ3n) is 6.01. The molecule has 1 amide bonds. The van der Waals surface area contributed by atoms with Crippen molar-refractivity contribution in [3.8, 4) is 11.3 Å². The highest BCUT2D eigenvalue weighted by Gasteiger charge is 2.36. The van der Waals surface area contributed by atoms with Crippen molar-refractivity contribution < 1.29 is 18.0 Å². The number of carbonyl (C=O) groups excluding carboxylic acids is 1. The number of hydrogen-bond donors (Lipinski definition) is 1. The zero-order valence-electron chi connectivity index (χ0n) is 20.4. The highest BCUT2D eigenvalue weighted by molar-refractivity contribution is 9.10. The molecule has 0 aliphatic carbocycles. The van der Waals surface area contributed by atoms with Crippen LogP contribution in [0, 0.1) is 0 Å². The van der Waals surface area contributed by atoms with Crippen LogP contribution in [0.5, 0.6) is 0 Å². The Morgan fingerprint density at radius 2 is 1.82 bits per heavy atom. The van der Waals surface area contributed by atoms with E-state index in [1.807, 2.05) is 38.2 Å². The Labute approximate surface area is 224 Å². The molecule has 1 N–H and O–H groups in total. The minimum atomic E-state index is -4.70. The third-order valence-corrected chi connectivity index (χ3v) is 6.42. The molecule has 0 unspecified atom stereocenters. The standard InChI is InChI=1S/C27H22BrF3N6O/c1-16(2)18-6-8-19(9-7-18)23-11-24(27(29,30)31)37-25(35-23)22(13-33-37)26(38)34-21-5-3-4-17(10-21)14-36-15-20(28)12-32-36/h3-13,15-16H,14H2,1-2H3,(H,34,38). The summed E-state index contributed by atoms with van der Waals surface area (Å²) in [5.41, 5.74) is 1.75. The van der Waals surface area contributed by atoms with Crippen molar-refractivity contribution in [2.45, 2.75) is 32.5 Å². The molecule has 0 bridgehead atoms. The van der Waals surface area contributed by atoms with Crippen molar-refractivity contribution in [2.75, 3.05) is 5.32 Å². The fraction of sp³-hybridized carbons (Fsp3) is 0.185. The van der Waals surface area contributed by atoms with Gasteiger partial charge in [-0.05, 0) is 51.2 Å². The Kier molecular flexibility index (Phi) is 6.78. The molecule has 0 aliphatic heterocycles. The average molecular weight is 583 g/mol.